The van der Waals surface area contributed by atoms with Crippen LogP contribution in [0.15, 0.2) is 60.7 Å². The maximum Gasteiger partial charge on any atom is 0.246 e. The molecule has 5 atom stereocenters. The van der Waals surface area contributed by atoms with Crippen LogP contribution in [-0.2, 0) is 25.7 Å². The Morgan fingerprint density at radius 3 is 2.45 bits per heavy atom. The number of nitrogens with one attached hydrogen (secondary N) is 2. The number of carbonyl (C=O) groups excluding carboxylic acids is 3. The molecule has 3 heterocycles. The lowest BCUT2D eigenvalue weighted by molar-refractivity contribution is -0.142. The summed E-state index contributed by atoms with van der Waals surface area (Å²) >= 11 is 0. The van der Waals surface area contributed by atoms with Crippen molar-refractivity contribution in [1.82, 2.24) is 10.2 Å². The van der Waals surface area contributed by atoms with Crippen LogP contribution >= 0.6 is 0 Å². The molecule has 3 aliphatic heterocycles. The summed E-state index contributed by atoms with van der Waals surface area (Å²) in [5.41, 5.74) is 1.49. The van der Waals surface area contributed by atoms with Gasteiger partial charge >= 0.3 is 0 Å². The van der Waals surface area contributed by atoms with E-state index in [0.29, 0.717) is 12.3 Å². The molecule has 8 nitrogen and oxygen atoms in total. The molecular weight excluding hydrogens is 506 g/mol. The van der Waals surface area contributed by atoms with E-state index in [1.54, 1.807) is 29.2 Å². The third kappa shape index (κ3) is 4.68. The van der Waals surface area contributed by atoms with Gasteiger partial charge in [0, 0.05) is 18.3 Å². The number of carbonyl (C=O) groups is 3. The highest BCUT2D eigenvalue weighted by molar-refractivity contribution is 6.02. The molecule has 40 heavy (non-hydrogen) atoms. The van der Waals surface area contributed by atoms with Gasteiger partial charge in [0.25, 0.3) is 0 Å². The highest BCUT2D eigenvalue weighted by Crippen LogP contribution is 2.55. The van der Waals surface area contributed by atoms with Crippen LogP contribution in [-0.4, -0.2) is 53.0 Å². The predicted octanol–water partition coefficient (Wildman–Crippen LogP) is 4.13. The van der Waals surface area contributed by atoms with E-state index in [-0.39, 0.29) is 30.3 Å². The molecule has 2 bridgehead atoms. The van der Waals surface area contributed by atoms with Crippen LogP contribution in [0, 0.1) is 18.8 Å². The van der Waals surface area contributed by atoms with E-state index in [2.05, 4.69) is 10.6 Å². The van der Waals surface area contributed by atoms with Gasteiger partial charge in [0.1, 0.15) is 17.4 Å². The maximum absolute atomic E-state index is 14.2. The standard InChI is InChI=1S/C32H37N3O5/c1-3-39-24-15-13-23(14-16-24)33-29(36)26-25-17-18-32(40-25)27(26)31(38)35(19-21-11-9-20(2)10-12-21)28(32)30(37)34-22-7-5-4-6-8-22/h9-18,22,25-28H,3-8,19H2,1-2H3,(H,33,36)(H,34,37)/t25-,26?,27-,28?,32?/m0/s1. The summed E-state index contributed by atoms with van der Waals surface area (Å²) in [7, 11) is 0. The molecule has 1 aliphatic carbocycles. The average molecular weight is 544 g/mol. The van der Waals surface area contributed by atoms with Gasteiger partial charge in [0.15, 0.2) is 0 Å². The number of benzene rings is 2. The van der Waals surface area contributed by atoms with Gasteiger partial charge in [-0.3, -0.25) is 14.4 Å². The van der Waals surface area contributed by atoms with Crippen molar-refractivity contribution in [2.45, 2.75) is 76.3 Å². The predicted molar refractivity (Wildman–Crippen MR) is 150 cm³/mol. The zero-order chi connectivity index (χ0) is 27.9. The molecule has 3 fully saturated rings. The largest absolute Gasteiger partial charge is 0.494 e. The summed E-state index contributed by atoms with van der Waals surface area (Å²) in [4.78, 5) is 43.4. The van der Waals surface area contributed by atoms with Crippen LogP contribution in [0.3, 0.4) is 0 Å². The van der Waals surface area contributed by atoms with Gasteiger partial charge in [-0.15, -0.1) is 0 Å². The summed E-state index contributed by atoms with van der Waals surface area (Å²) in [6.45, 7) is 4.76. The second-order valence-electron chi connectivity index (χ2n) is 11.4. The van der Waals surface area contributed by atoms with Crippen molar-refractivity contribution in [3.63, 3.8) is 0 Å². The Hall–Kier alpha value is -3.65. The average Bonchev–Trinajstić information content (AvgIpc) is 3.59. The molecule has 3 unspecified atom stereocenters. The number of aryl methyl sites for hydroxylation is 1. The fourth-order valence-electron chi connectivity index (χ4n) is 6.88. The molecular formula is C32H37N3O5. The lowest BCUT2D eigenvalue weighted by Gasteiger charge is -2.34. The molecule has 2 aromatic carbocycles. The Kier molecular flexibility index (Phi) is 7.13. The summed E-state index contributed by atoms with van der Waals surface area (Å²) in [5.74, 6) is -1.51. The molecule has 8 heteroatoms. The third-order valence-corrected chi connectivity index (χ3v) is 8.78. The Bertz CT molecular complexity index is 1300. The molecule has 2 aromatic rings. The fraction of sp³-hybridized carbons (Fsp3) is 0.469. The van der Waals surface area contributed by atoms with Gasteiger partial charge in [-0.1, -0.05) is 61.2 Å². The van der Waals surface area contributed by atoms with Crippen LogP contribution in [0.1, 0.15) is 50.2 Å². The van der Waals surface area contributed by atoms with E-state index in [1.807, 2.05) is 50.3 Å². The maximum atomic E-state index is 14.2. The van der Waals surface area contributed by atoms with Crippen LogP contribution in [0.4, 0.5) is 5.69 Å². The fourth-order valence-corrected chi connectivity index (χ4v) is 6.88. The van der Waals surface area contributed by atoms with Crippen LogP contribution < -0.4 is 15.4 Å². The second-order valence-corrected chi connectivity index (χ2v) is 11.4. The first-order valence-corrected chi connectivity index (χ1v) is 14.5. The zero-order valence-corrected chi connectivity index (χ0v) is 23.1. The number of hydrogen-bond acceptors (Lipinski definition) is 5. The zero-order valence-electron chi connectivity index (χ0n) is 23.1. The molecule has 1 spiro atoms. The molecule has 1 saturated carbocycles. The summed E-state index contributed by atoms with van der Waals surface area (Å²) in [6.07, 6.45) is 8.37. The lowest BCUT2D eigenvalue weighted by Crippen LogP contribution is -2.56. The van der Waals surface area contributed by atoms with Crippen molar-refractivity contribution in [3.8, 4) is 5.75 Å². The molecule has 6 rings (SSSR count). The Morgan fingerprint density at radius 2 is 1.75 bits per heavy atom. The Labute approximate surface area is 235 Å². The van der Waals surface area contributed by atoms with E-state index in [0.717, 1.165) is 42.6 Å². The number of amides is 3. The molecule has 3 amide bonds. The minimum absolute atomic E-state index is 0.0920. The molecule has 210 valence electrons. The Morgan fingerprint density at radius 1 is 1.02 bits per heavy atom. The third-order valence-electron chi connectivity index (χ3n) is 8.78. The van der Waals surface area contributed by atoms with Crippen LogP contribution in [0.5, 0.6) is 5.75 Å². The molecule has 4 aliphatic rings. The van der Waals surface area contributed by atoms with Gasteiger partial charge in [0.2, 0.25) is 17.7 Å². The first kappa shape index (κ1) is 26.6. The van der Waals surface area contributed by atoms with Crippen molar-refractivity contribution in [2.24, 2.45) is 11.8 Å². The molecule has 2 saturated heterocycles. The van der Waals surface area contributed by atoms with E-state index in [1.165, 1.54) is 6.42 Å². The van der Waals surface area contributed by atoms with Crippen LogP contribution in [0.25, 0.3) is 0 Å². The molecule has 2 N–H and O–H groups in total. The number of likely N-dealkylation sites (tertiary alicyclic amines) is 1. The smallest absolute Gasteiger partial charge is 0.246 e. The van der Waals surface area contributed by atoms with Crippen molar-refractivity contribution in [2.75, 3.05) is 11.9 Å². The van der Waals surface area contributed by atoms with Crippen molar-refractivity contribution in [1.29, 1.82) is 0 Å². The van der Waals surface area contributed by atoms with Crippen molar-refractivity contribution in [3.05, 3.63) is 71.8 Å². The van der Waals surface area contributed by atoms with Gasteiger partial charge in [-0.05, 0) is 56.5 Å². The van der Waals surface area contributed by atoms with E-state index < -0.39 is 29.6 Å². The van der Waals surface area contributed by atoms with Gasteiger partial charge in [-0.25, -0.2) is 0 Å². The SMILES string of the molecule is CCOc1ccc(NC(=O)C2[C@@H]3C=CC4(O3)C(C(=O)NC3CCCCC3)N(Cc3ccc(C)cc3)C(=O)[C@H]24)cc1. The summed E-state index contributed by atoms with van der Waals surface area (Å²) in [5, 5.41) is 6.21. The molecule has 0 radical (unpaired) electrons. The van der Waals surface area contributed by atoms with E-state index >= 15 is 0 Å². The first-order valence-electron chi connectivity index (χ1n) is 14.5. The van der Waals surface area contributed by atoms with E-state index in [9.17, 15) is 14.4 Å². The first-order chi connectivity index (χ1) is 19.4. The monoisotopic (exact) mass is 543 g/mol. The van der Waals surface area contributed by atoms with Gasteiger partial charge in [-0.2, -0.15) is 0 Å². The van der Waals surface area contributed by atoms with E-state index in [4.69, 9.17) is 9.47 Å². The number of rotatable bonds is 8. The highest BCUT2D eigenvalue weighted by atomic mass is 16.5. The minimum Gasteiger partial charge on any atom is -0.494 e. The van der Waals surface area contributed by atoms with Crippen molar-refractivity contribution >= 4 is 23.4 Å². The van der Waals surface area contributed by atoms with Gasteiger partial charge in [0.05, 0.1) is 24.5 Å². The topological polar surface area (TPSA) is 97.0 Å². The lowest BCUT2D eigenvalue weighted by atomic mass is 9.74. The normalized spacial score (nSPS) is 28.9. The minimum atomic E-state index is -1.17. The number of fused-ring (bicyclic) bond motifs is 1. The number of ether oxygens (including phenoxy) is 2. The Balaban J connectivity index is 1.29. The number of anilines is 1. The highest BCUT2D eigenvalue weighted by Gasteiger charge is 2.72. The number of nitrogens with zero attached hydrogens (tertiary/aromatic N) is 1. The van der Waals surface area contributed by atoms with Crippen LogP contribution in [0.2, 0.25) is 0 Å². The summed E-state index contributed by atoms with van der Waals surface area (Å²) < 4.78 is 12.0. The number of hydrogen-bond donors (Lipinski definition) is 2. The summed E-state index contributed by atoms with van der Waals surface area (Å²) in [6, 6.07) is 14.4. The second kappa shape index (κ2) is 10.7. The quantitative estimate of drug-likeness (QED) is 0.488. The molecule has 0 aromatic heterocycles. The van der Waals surface area contributed by atoms with Crippen molar-refractivity contribution < 1.29 is 23.9 Å². The van der Waals surface area contributed by atoms with Gasteiger partial charge < -0.3 is 25.0 Å².